The topological polar surface area (TPSA) is 38.9 Å². The number of fused-ring (bicyclic) bond motifs is 9. The minimum absolute atomic E-state index is 0.109. The Labute approximate surface area is 308 Å². The highest BCUT2D eigenvalue weighted by atomic mass is 16.3. The first kappa shape index (κ1) is 31.2. The first-order valence-electron chi connectivity index (χ1n) is 18.2. The van der Waals surface area contributed by atoms with Crippen molar-refractivity contribution < 1.29 is 4.42 Å². The van der Waals surface area contributed by atoms with Gasteiger partial charge in [-0.15, -0.1) is 0 Å². The van der Waals surface area contributed by atoms with E-state index in [1.54, 1.807) is 0 Å². The second-order valence-corrected chi connectivity index (χ2v) is 14.7. The molecular formula is C50H36N2O. The standard InChI is InChI=1S/C50H36N2O/c1-5-31-15-16-33-19-24-45-48(53-49(52-45)38-20-23-44-37(28-38)13-9-25-51-44)46(33)42(31)26-30(2)34-11-8-12-35(27-34)36-18-21-40-41-22-17-32-10-6-7-14-39(32)47(41)50(3,4)43(40)29-36/h5-29H,1H2,2-4H3/b30-26+. The zero-order valence-electron chi connectivity index (χ0n) is 29.9. The number of aromatic nitrogens is 2. The summed E-state index contributed by atoms with van der Waals surface area (Å²) >= 11 is 0. The van der Waals surface area contributed by atoms with E-state index in [1.165, 1.54) is 49.7 Å². The highest BCUT2D eigenvalue weighted by Gasteiger charge is 2.37. The fraction of sp³-hybridized carbons (Fsp3) is 0.0800. The molecule has 252 valence electrons. The summed E-state index contributed by atoms with van der Waals surface area (Å²) in [4.78, 5) is 9.42. The number of hydrogen-bond donors (Lipinski definition) is 0. The molecule has 0 atom stereocenters. The Morgan fingerprint density at radius 1 is 0.679 bits per heavy atom. The predicted octanol–water partition coefficient (Wildman–Crippen LogP) is 13.5. The smallest absolute Gasteiger partial charge is 0.227 e. The van der Waals surface area contributed by atoms with Crippen molar-refractivity contribution in [1.82, 2.24) is 9.97 Å². The largest absolute Gasteiger partial charge is 0.435 e. The molecule has 0 saturated heterocycles. The Balaban J connectivity index is 1.06. The third-order valence-corrected chi connectivity index (χ3v) is 11.2. The molecule has 3 nitrogen and oxygen atoms in total. The average molecular weight is 681 g/mol. The van der Waals surface area contributed by atoms with Crippen molar-refractivity contribution in [2.24, 2.45) is 0 Å². The number of rotatable bonds is 5. The summed E-state index contributed by atoms with van der Waals surface area (Å²) in [6.07, 6.45) is 6.01. The van der Waals surface area contributed by atoms with Crippen molar-refractivity contribution >= 4 is 61.3 Å². The van der Waals surface area contributed by atoms with Crippen molar-refractivity contribution in [3.8, 4) is 33.7 Å². The molecule has 10 rings (SSSR count). The minimum Gasteiger partial charge on any atom is -0.435 e. The molecule has 9 aromatic rings. The fourth-order valence-corrected chi connectivity index (χ4v) is 8.53. The Morgan fingerprint density at radius 3 is 2.36 bits per heavy atom. The third kappa shape index (κ3) is 4.88. The maximum Gasteiger partial charge on any atom is 0.227 e. The second kappa shape index (κ2) is 11.7. The summed E-state index contributed by atoms with van der Waals surface area (Å²) in [5.74, 6) is 0.593. The molecule has 0 amide bonds. The molecule has 0 unspecified atom stereocenters. The van der Waals surface area contributed by atoms with Crippen LogP contribution in [0.3, 0.4) is 0 Å². The zero-order chi connectivity index (χ0) is 35.8. The van der Waals surface area contributed by atoms with Gasteiger partial charge in [0.15, 0.2) is 5.58 Å². The van der Waals surface area contributed by atoms with Crippen LogP contribution < -0.4 is 0 Å². The van der Waals surface area contributed by atoms with E-state index in [1.807, 2.05) is 36.5 Å². The Hall–Kier alpha value is -6.58. The Morgan fingerprint density at radius 2 is 1.45 bits per heavy atom. The fourth-order valence-electron chi connectivity index (χ4n) is 8.53. The van der Waals surface area contributed by atoms with Gasteiger partial charge in [-0.25, -0.2) is 4.98 Å². The molecule has 2 heterocycles. The number of pyridine rings is 1. The van der Waals surface area contributed by atoms with Gasteiger partial charge in [0.2, 0.25) is 5.89 Å². The van der Waals surface area contributed by atoms with Crippen molar-refractivity contribution in [2.75, 3.05) is 0 Å². The molecule has 7 aromatic carbocycles. The van der Waals surface area contributed by atoms with E-state index in [-0.39, 0.29) is 5.41 Å². The van der Waals surface area contributed by atoms with Gasteiger partial charge in [0.1, 0.15) is 5.52 Å². The lowest BCUT2D eigenvalue weighted by Gasteiger charge is -2.23. The molecule has 0 aliphatic heterocycles. The van der Waals surface area contributed by atoms with E-state index in [9.17, 15) is 0 Å². The normalized spacial score (nSPS) is 13.5. The summed E-state index contributed by atoms with van der Waals surface area (Å²) in [6, 6.07) is 47.8. The van der Waals surface area contributed by atoms with Crippen LogP contribution in [0.4, 0.5) is 0 Å². The summed E-state index contributed by atoms with van der Waals surface area (Å²) in [5, 5.41) is 5.81. The Kier molecular flexibility index (Phi) is 6.90. The molecule has 3 heteroatoms. The van der Waals surface area contributed by atoms with E-state index >= 15 is 0 Å². The lowest BCUT2D eigenvalue weighted by molar-refractivity contribution is 0.623. The van der Waals surface area contributed by atoms with E-state index in [2.05, 4.69) is 148 Å². The van der Waals surface area contributed by atoms with Gasteiger partial charge < -0.3 is 4.42 Å². The van der Waals surface area contributed by atoms with Crippen LogP contribution in [0.5, 0.6) is 0 Å². The van der Waals surface area contributed by atoms with E-state index in [0.29, 0.717) is 5.89 Å². The van der Waals surface area contributed by atoms with Gasteiger partial charge in [0.25, 0.3) is 0 Å². The van der Waals surface area contributed by atoms with Crippen LogP contribution in [-0.4, -0.2) is 9.97 Å². The summed E-state index contributed by atoms with van der Waals surface area (Å²) in [6.45, 7) is 11.1. The first-order valence-corrected chi connectivity index (χ1v) is 18.2. The van der Waals surface area contributed by atoms with Crippen molar-refractivity contribution in [3.63, 3.8) is 0 Å². The van der Waals surface area contributed by atoms with Crippen LogP contribution >= 0.6 is 0 Å². The Bertz CT molecular complexity index is 3010. The van der Waals surface area contributed by atoms with Gasteiger partial charge in [-0.1, -0.05) is 124 Å². The highest BCUT2D eigenvalue weighted by Crippen LogP contribution is 2.52. The minimum atomic E-state index is -0.109. The quantitative estimate of drug-likeness (QED) is 0.170. The highest BCUT2D eigenvalue weighted by molar-refractivity contribution is 6.11. The monoisotopic (exact) mass is 680 g/mol. The van der Waals surface area contributed by atoms with Gasteiger partial charge in [-0.2, -0.15) is 0 Å². The van der Waals surface area contributed by atoms with E-state index in [4.69, 9.17) is 9.40 Å². The molecule has 0 N–H and O–H groups in total. The van der Waals surface area contributed by atoms with Crippen LogP contribution in [-0.2, 0) is 5.41 Å². The number of nitrogens with zero attached hydrogens (tertiary/aromatic N) is 2. The van der Waals surface area contributed by atoms with Crippen LogP contribution in [0.1, 0.15) is 48.6 Å². The molecule has 1 aliphatic rings. The van der Waals surface area contributed by atoms with Gasteiger partial charge in [0.05, 0.1) is 5.52 Å². The van der Waals surface area contributed by atoms with E-state index in [0.717, 1.165) is 55.0 Å². The third-order valence-electron chi connectivity index (χ3n) is 11.2. The van der Waals surface area contributed by atoms with Gasteiger partial charge in [-0.3, -0.25) is 4.98 Å². The molecular weight excluding hydrogens is 645 g/mol. The summed E-state index contributed by atoms with van der Waals surface area (Å²) in [7, 11) is 0. The van der Waals surface area contributed by atoms with Crippen LogP contribution in [0.25, 0.3) is 95.0 Å². The SMILES string of the molecule is C=Cc1ccc2ccc3nc(-c4ccc5ncccc5c4)oc3c2c1/C=C(\C)c1cccc(-c2ccc3c(c2)C(C)(C)c2c-3ccc3ccccc23)c1. The maximum atomic E-state index is 6.63. The van der Waals surface area contributed by atoms with Crippen LogP contribution in [0.2, 0.25) is 0 Å². The lowest BCUT2D eigenvalue weighted by Crippen LogP contribution is -2.15. The second-order valence-electron chi connectivity index (χ2n) is 14.7. The zero-order valence-corrected chi connectivity index (χ0v) is 29.9. The summed E-state index contributed by atoms with van der Waals surface area (Å²) < 4.78 is 6.63. The summed E-state index contributed by atoms with van der Waals surface area (Å²) in [5.41, 5.74) is 15.7. The van der Waals surface area contributed by atoms with Crippen molar-refractivity contribution in [2.45, 2.75) is 26.2 Å². The molecule has 0 radical (unpaired) electrons. The number of hydrogen-bond acceptors (Lipinski definition) is 3. The van der Waals surface area contributed by atoms with Gasteiger partial charge >= 0.3 is 0 Å². The van der Waals surface area contributed by atoms with Gasteiger partial charge in [-0.05, 0) is 121 Å². The number of benzene rings is 7. The van der Waals surface area contributed by atoms with Crippen LogP contribution in [0, 0.1) is 0 Å². The van der Waals surface area contributed by atoms with E-state index < -0.39 is 0 Å². The molecule has 0 bridgehead atoms. The molecule has 0 saturated carbocycles. The molecule has 2 aromatic heterocycles. The molecule has 0 fully saturated rings. The number of allylic oxidation sites excluding steroid dienone is 1. The molecule has 1 aliphatic carbocycles. The van der Waals surface area contributed by atoms with Crippen molar-refractivity contribution in [3.05, 3.63) is 174 Å². The number of oxazole rings is 1. The van der Waals surface area contributed by atoms with Gasteiger partial charge in [0, 0.05) is 27.9 Å². The van der Waals surface area contributed by atoms with Crippen molar-refractivity contribution in [1.29, 1.82) is 0 Å². The van der Waals surface area contributed by atoms with Crippen LogP contribution in [0.15, 0.2) is 151 Å². The predicted molar refractivity (Wildman–Crippen MR) is 223 cm³/mol. The molecule has 0 spiro atoms. The average Bonchev–Trinajstić information content (AvgIpc) is 3.74. The lowest BCUT2D eigenvalue weighted by atomic mass is 9.79. The molecule has 53 heavy (non-hydrogen) atoms. The maximum absolute atomic E-state index is 6.63. The first-order chi connectivity index (χ1) is 25.9.